The Labute approximate surface area is 221 Å². The van der Waals surface area contributed by atoms with Gasteiger partial charge in [-0.25, -0.2) is 31.5 Å². The van der Waals surface area contributed by atoms with Gasteiger partial charge in [-0.3, -0.25) is 9.52 Å². The third-order valence-electron chi connectivity index (χ3n) is 5.49. The standard InChI is InChI=1S/C26H25N5O5S2/c1-17-4-8-22(9-5-17)30-38(35,36)24-16-20(7-6-18(24)2)25(32)29-21-10-12-23(13-11-21)37(33,34)31-26-27-15-14-19(3)28-26/h4-16,30H,1-3H3,(H,29,32)(H,27,28,31). The van der Waals surface area contributed by atoms with Gasteiger partial charge in [-0.05, 0) is 80.9 Å². The molecule has 0 unspecified atom stereocenters. The van der Waals surface area contributed by atoms with Crippen LogP contribution in [0.25, 0.3) is 0 Å². The van der Waals surface area contributed by atoms with E-state index < -0.39 is 26.0 Å². The number of hydrogen-bond donors (Lipinski definition) is 3. The molecule has 4 aromatic rings. The number of nitrogens with one attached hydrogen (secondary N) is 3. The van der Waals surface area contributed by atoms with Gasteiger partial charge in [0, 0.05) is 28.8 Å². The minimum absolute atomic E-state index is 0.0309. The SMILES string of the molecule is Cc1ccc(NS(=O)(=O)c2cc(C(=O)Nc3ccc(S(=O)(=O)Nc4nccc(C)n4)cc3)ccc2C)cc1. The van der Waals surface area contributed by atoms with Gasteiger partial charge in [-0.2, -0.15) is 0 Å². The molecule has 0 atom stereocenters. The smallest absolute Gasteiger partial charge is 0.264 e. The van der Waals surface area contributed by atoms with E-state index in [0.717, 1.165) is 5.56 Å². The zero-order valence-electron chi connectivity index (χ0n) is 20.8. The Balaban J connectivity index is 1.49. The Morgan fingerprint density at radius 3 is 2.05 bits per heavy atom. The number of hydrogen-bond acceptors (Lipinski definition) is 7. The first-order valence-electron chi connectivity index (χ1n) is 11.4. The maximum absolute atomic E-state index is 13.0. The lowest BCUT2D eigenvalue weighted by Crippen LogP contribution is -2.17. The molecule has 0 spiro atoms. The van der Waals surface area contributed by atoms with Crippen LogP contribution in [-0.4, -0.2) is 32.7 Å². The molecular weight excluding hydrogens is 526 g/mol. The number of sulfonamides is 2. The van der Waals surface area contributed by atoms with Gasteiger partial charge < -0.3 is 5.32 Å². The minimum atomic E-state index is -3.95. The summed E-state index contributed by atoms with van der Waals surface area (Å²) >= 11 is 0. The van der Waals surface area contributed by atoms with Crippen molar-refractivity contribution < 1.29 is 21.6 Å². The summed E-state index contributed by atoms with van der Waals surface area (Å²) in [6.45, 7) is 5.25. The van der Waals surface area contributed by atoms with Crippen molar-refractivity contribution in [1.82, 2.24) is 9.97 Å². The van der Waals surface area contributed by atoms with Crippen LogP contribution in [0.5, 0.6) is 0 Å². The summed E-state index contributed by atoms with van der Waals surface area (Å²) in [6, 6.07) is 18.4. The summed E-state index contributed by atoms with van der Waals surface area (Å²) < 4.78 is 56.1. The molecule has 1 amide bonds. The molecule has 0 aliphatic heterocycles. The van der Waals surface area contributed by atoms with Crippen LogP contribution in [0.15, 0.2) is 88.8 Å². The van der Waals surface area contributed by atoms with E-state index in [0.29, 0.717) is 22.6 Å². The largest absolute Gasteiger partial charge is 0.322 e. The molecule has 3 N–H and O–H groups in total. The summed E-state index contributed by atoms with van der Waals surface area (Å²) in [5.74, 6) is -0.608. The molecule has 1 aromatic heterocycles. The quantitative estimate of drug-likeness (QED) is 0.296. The summed E-state index contributed by atoms with van der Waals surface area (Å²) in [5.41, 5.74) is 2.92. The number of anilines is 3. The number of carbonyl (C=O) groups excluding carboxylic acids is 1. The first-order chi connectivity index (χ1) is 17.9. The Hall–Kier alpha value is -4.29. The van der Waals surface area contributed by atoms with E-state index >= 15 is 0 Å². The number of amides is 1. The molecule has 0 saturated carbocycles. The third kappa shape index (κ3) is 6.33. The van der Waals surface area contributed by atoms with E-state index in [4.69, 9.17) is 0 Å². The molecule has 0 radical (unpaired) electrons. The number of aryl methyl sites for hydroxylation is 3. The number of aromatic nitrogens is 2. The van der Waals surface area contributed by atoms with Gasteiger partial charge in [0.25, 0.3) is 26.0 Å². The highest BCUT2D eigenvalue weighted by atomic mass is 32.2. The molecular formula is C26H25N5O5S2. The molecule has 38 heavy (non-hydrogen) atoms. The van der Waals surface area contributed by atoms with E-state index in [1.165, 1.54) is 42.6 Å². The molecule has 4 rings (SSSR count). The van der Waals surface area contributed by atoms with Gasteiger partial charge in [0.05, 0.1) is 9.79 Å². The topological polar surface area (TPSA) is 147 Å². The fraction of sp³-hybridized carbons (Fsp3) is 0.115. The van der Waals surface area contributed by atoms with Gasteiger partial charge in [0.1, 0.15) is 0 Å². The average Bonchev–Trinajstić information content (AvgIpc) is 2.85. The summed E-state index contributed by atoms with van der Waals surface area (Å²) in [4.78, 5) is 20.7. The van der Waals surface area contributed by atoms with E-state index in [1.54, 1.807) is 50.2 Å². The van der Waals surface area contributed by atoms with Crippen molar-refractivity contribution in [2.24, 2.45) is 0 Å². The van der Waals surface area contributed by atoms with Crippen LogP contribution in [0.2, 0.25) is 0 Å². The second-order valence-corrected chi connectivity index (χ2v) is 11.9. The molecule has 3 aromatic carbocycles. The van der Waals surface area contributed by atoms with Gasteiger partial charge in [-0.15, -0.1) is 0 Å². The van der Waals surface area contributed by atoms with E-state index in [-0.39, 0.29) is 21.3 Å². The Kier molecular flexibility index (Phi) is 7.46. The molecule has 0 aliphatic rings. The number of carbonyl (C=O) groups is 1. The second kappa shape index (κ2) is 10.6. The van der Waals surface area contributed by atoms with Gasteiger partial charge in [0.2, 0.25) is 5.95 Å². The van der Waals surface area contributed by atoms with Crippen molar-refractivity contribution >= 4 is 43.3 Å². The lowest BCUT2D eigenvalue weighted by molar-refractivity contribution is 0.102. The lowest BCUT2D eigenvalue weighted by Gasteiger charge is -2.13. The van der Waals surface area contributed by atoms with Gasteiger partial charge >= 0.3 is 0 Å². The lowest BCUT2D eigenvalue weighted by atomic mass is 10.1. The van der Waals surface area contributed by atoms with Gasteiger partial charge in [-0.1, -0.05) is 23.8 Å². The molecule has 10 nitrogen and oxygen atoms in total. The van der Waals surface area contributed by atoms with Crippen molar-refractivity contribution in [3.05, 3.63) is 101 Å². The Morgan fingerprint density at radius 2 is 1.39 bits per heavy atom. The summed E-state index contributed by atoms with van der Waals surface area (Å²) in [6.07, 6.45) is 1.44. The Morgan fingerprint density at radius 1 is 0.737 bits per heavy atom. The first-order valence-corrected chi connectivity index (χ1v) is 14.3. The maximum atomic E-state index is 13.0. The van der Waals surface area contributed by atoms with Crippen molar-refractivity contribution in [3.8, 4) is 0 Å². The molecule has 0 bridgehead atoms. The zero-order chi connectivity index (χ0) is 27.5. The fourth-order valence-corrected chi connectivity index (χ4v) is 5.74. The molecule has 0 aliphatic carbocycles. The molecule has 0 fully saturated rings. The molecule has 0 saturated heterocycles. The van der Waals surface area contributed by atoms with E-state index in [2.05, 4.69) is 24.7 Å². The van der Waals surface area contributed by atoms with Crippen LogP contribution in [0.3, 0.4) is 0 Å². The van der Waals surface area contributed by atoms with Crippen molar-refractivity contribution in [2.75, 3.05) is 14.8 Å². The Bertz CT molecular complexity index is 1700. The van der Waals surface area contributed by atoms with Crippen LogP contribution in [-0.2, 0) is 20.0 Å². The van der Waals surface area contributed by atoms with Crippen molar-refractivity contribution in [2.45, 2.75) is 30.6 Å². The van der Waals surface area contributed by atoms with Crippen molar-refractivity contribution in [3.63, 3.8) is 0 Å². The van der Waals surface area contributed by atoms with Crippen LogP contribution in [0.1, 0.15) is 27.2 Å². The number of benzene rings is 3. The summed E-state index contributed by atoms with van der Waals surface area (Å²) in [5, 5.41) is 2.65. The second-order valence-electron chi connectivity index (χ2n) is 8.56. The van der Waals surface area contributed by atoms with Crippen LogP contribution >= 0.6 is 0 Å². The van der Waals surface area contributed by atoms with Crippen LogP contribution < -0.4 is 14.8 Å². The average molecular weight is 552 g/mol. The van der Waals surface area contributed by atoms with Gasteiger partial charge in [0.15, 0.2) is 0 Å². The third-order valence-corrected chi connectivity index (χ3v) is 8.35. The van der Waals surface area contributed by atoms with E-state index in [9.17, 15) is 21.6 Å². The monoisotopic (exact) mass is 551 g/mol. The highest BCUT2D eigenvalue weighted by molar-refractivity contribution is 7.93. The predicted octanol–water partition coefficient (Wildman–Crippen LogP) is 4.26. The minimum Gasteiger partial charge on any atom is -0.322 e. The van der Waals surface area contributed by atoms with Crippen LogP contribution in [0.4, 0.5) is 17.3 Å². The number of rotatable bonds is 8. The zero-order valence-corrected chi connectivity index (χ0v) is 22.4. The van der Waals surface area contributed by atoms with Crippen LogP contribution in [0, 0.1) is 20.8 Å². The molecule has 12 heteroatoms. The van der Waals surface area contributed by atoms with E-state index in [1.807, 2.05) is 6.92 Å². The number of nitrogens with zero attached hydrogens (tertiary/aromatic N) is 2. The fourth-order valence-electron chi connectivity index (χ4n) is 3.46. The first kappa shape index (κ1) is 26.8. The highest BCUT2D eigenvalue weighted by Gasteiger charge is 2.20. The maximum Gasteiger partial charge on any atom is 0.264 e. The molecule has 196 valence electrons. The predicted molar refractivity (Wildman–Crippen MR) is 145 cm³/mol. The van der Waals surface area contributed by atoms with Crippen molar-refractivity contribution in [1.29, 1.82) is 0 Å². The highest BCUT2D eigenvalue weighted by Crippen LogP contribution is 2.23. The molecule has 1 heterocycles. The summed E-state index contributed by atoms with van der Waals surface area (Å²) in [7, 11) is -7.89. The normalized spacial score (nSPS) is 11.6.